The number of ether oxygens (including phenoxy) is 3. The third-order valence-corrected chi connectivity index (χ3v) is 4.12. The van der Waals surface area contributed by atoms with E-state index in [2.05, 4.69) is 34.8 Å². The zero-order valence-electron chi connectivity index (χ0n) is 19.2. The molecule has 0 fully saturated rings. The van der Waals surface area contributed by atoms with Gasteiger partial charge in [-0.3, -0.25) is 9.48 Å². The molecule has 0 bridgehead atoms. The summed E-state index contributed by atoms with van der Waals surface area (Å²) in [6.45, 7) is 13.2. The van der Waals surface area contributed by atoms with E-state index in [1.54, 1.807) is 0 Å². The molecule has 0 spiro atoms. The molecular formula is C21H41N5O4. The third-order valence-electron chi connectivity index (χ3n) is 4.12. The molecule has 0 saturated carbocycles. The zero-order chi connectivity index (χ0) is 22.0. The number of aromatic nitrogens is 3. The molecule has 0 saturated heterocycles. The van der Waals surface area contributed by atoms with Crippen LogP contribution < -0.4 is 10.6 Å². The van der Waals surface area contributed by atoms with Crippen molar-refractivity contribution in [3.8, 4) is 0 Å². The van der Waals surface area contributed by atoms with Gasteiger partial charge in [0.15, 0.2) is 0 Å². The van der Waals surface area contributed by atoms with E-state index in [0.717, 1.165) is 38.0 Å². The van der Waals surface area contributed by atoms with E-state index >= 15 is 0 Å². The lowest BCUT2D eigenvalue weighted by Gasteiger charge is -2.09. The van der Waals surface area contributed by atoms with Gasteiger partial charge in [0.05, 0.1) is 45.8 Å². The van der Waals surface area contributed by atoms with Crippen molar-refractivity contribution >= 4 is 5.91 Å². The van der Waals surface area contributed by atoms with Gasteiger partial charge in [-0.2, -0.15) is 0 Å². The summed E-state index contributed by atoms with van der Waals surface area (Å²) in [7, 11) is 0. The first-order valence-corrected chi connectivity index (χ1v) is 11.1. The first-order valence-electron chi connectivity index (χ1n) is 11.1. The Balaban J connectivity index is 1.93. The number of carbonyl (C=O) groups excluding carboxylic acids is 1. The quantitative estimate of drug-likeness (QED) is 0.325. The lowest BCUT2D eigenvalue weighted by molar-refractivity contribution is -0.121. The fraction of sp³-hybridized carbons (Fsp3) is 0.857. The van der Waals surface area contributed by atoms with Crippen LogP contribution in [0, 0.1) is 0 Å². The van der Waals surface area contributed by atoms with Crippen molar-refractivity contribution in [3.63, 3.8) is 0 Å². The average Bonchev–Trinajstić information content (AvgIpc) is 3.12. The second kappa shape index (κ2) is 17.2. The van der Waals surface area contributed by atoms with E-state index in [1.165, 1.54) is 0 Å². The predicted molar refractivity (Wildman–Crippen MR) is 116 cm³/mol. The number of aryl methyl sites for hydroxylation is 1. The Labute approximate surface area is 181 Å². The number of hydrogen-bond donors (Lipinski definition) is 2. The second-order valence-electron chi connectivity index (χ2n) is 7.89. The van der Waals surface area contributed by atoms with E-state index in [4.69, 9.17) is 14.2 Å². The average molecular weight is 428 g/mol. The van der Waals surface area contributed by atoms with Gasteiger partial charge in [0.2, 0.25) is 5.91 Å². The summed E-state index contributed by atoms with van der Waals surface area (Å²) in [4.78, 5) is 11.6. The van der Waals surface area contributed by atoms with Crippen LogP contribution in [-0.4, -0.2) is 72.6 Å². The molecule has 0 aromatic carbocycles. The molecule has 174 valence electrons. The minimum Gasteiger partial charge on any atom is -0.378 e. The largest absolute Gasteiger partial charge is 0.378 e. The molecule has 9 heteroatoms. The Morgan fingerprint density at radius 2 is 1.67 bits per heavy atom. The van der Waals surface area contributed by atoms with Gasteiger partial charge in [0.25, 0.3) is 0 Å². The normalized spacial score (nSPS) is 11.5. The maximum atomic E-state index is 11.6. The van der Waals surface area contributed by atoms with Crippen molar-refractivity contribution in [2.45, 2.75) is 78.6 Å². The predicted octanol–water partition coefficient (Wildman–Crippen LogP) is 1.91. The number of nitrogens with zero attached hydrogens (tertiary/aromatic N) is 3. The Hall–Kier alpha value is -1.55. The van der Waals surface area contributed by atoms with Gasteiger partial charge in [0, 0.05) is 31.6 Å². The summed E-state index contributed by atoms with van der Waals surface area (Å²) >= 11 is 0. The highest BCUT2D eigenvalue weighted by Crippen LogP contribution is 2.03. The molecule has 9 nitrogen and oxygen atoms in total. The second-order valence-corrected chi connectivity index (χ2v) is 7.89. The Morgan fingerprint density at radius 3 is 2.37 bits per heavy atom. The van der Waals surface area contributed by atoms with E-state index in [9.17, 15) is 4.79 Å². The third kappa shape index (κ3) is 15.3. The van der Waals surface area contributed by atoms with Crippen LogP contribution >= 0.6 is 0 Å². The molecule has 1 rings (SSSR count). The summed E-state index contributed by atoms with van der Waals surface area (Å²) in [5, 5.41) is 14.4. The summed E-state index contributed by atoms with van der Waals surface area (Å²) in [6.07, 6.45) is 5.35. The molecule has 0 aliphatic carbocycles. The molecule has 0 atom stereocenters. The highest BCUT2D eigenvalue weighted by Gasteiger charge is 2.04. The summed E-state index contributed by atoms with van der Waals surface area (Å²) in [6, 6.07) is 0.689. The van der Waals surface area contributed by atoms with Gasteiger partial charge in [-0.15, -0.1) is 5.10 Å². The minimum absolute atomic E-state index is 0.126. The van der Waals surface area contributed by atoms with Crippen LogP contribution in [0.4, 0.5) is 0 Å². The van der Waals surface area contributed by atoms with Crippen LogP contribution in [0.3, 0.4) is 0 Å². The van der Waals surface area contributed by atoms with Crippen molar-refractivity contribution < 1.29 is 19.0 Å². The van der Waals surface area contributed by atoms with Gasteiger partial charge in [-0.05, 0) is 26.7 Å². The van der Waals surface area contributed by atoms with E-state index < -0.39 is 0 Å². The number of rotatable bonds is 19. The molecule has 0 radical (unpaired) electrons. The van der Waals surface area contributed by atoms with Gasteiger partial charge in [0.1, 0.15) is 5.69 Å². The first kappa shape index (κ1) is 26.5. The number of hydrogen-bond acceptors (Lipinski definition) is 7. The highest BCUT2D eigenvalue weighted by molar-refractivity contribution is 5.76. The van der Waals surface area contributed by atoms with Crippen LogP contribution in [0.5, 0.6) is 0 Å². The number of carbonyl (C=O) groups is 1. The Kier molecular flexibility index (Phi) is 15.2. The van der Waals surface area contributed by atoms with Crippen molar-refractivity contribution in [1.29, 1.82) is 0 Å². The lowest BCUT2D eigenvalue weighted by atomic mass is 10.2. The van der Waals surface area contributed by atoms with Crippen LogP contribution in [0.2, 0.25) is 0 Å². The van der Waals surface area contributed by atoms with E-state index in [1.807, 2.05) is 24.7 Å². The molecule has 0 aliphatic heterocycles. The topological polar surface area (TPSA) is 99.5 Å². The monoisotopic (exact) mass is 427 g/mol. The van der Waals surface area contributed by atoms with E-state index in [0.29, 0.717) is 52.1 Å². The van der Waals surface area contributed by atoms with Crippen LogP contribution in [0.15, 0.2) is 6.20 Å². The summed E-state index contributed by atoms with van der Waals surface area (Å²) < 4.78 is 18.3. The number of nitrogens with one attached hydrogen (secondary N) is 2. The Bertz CT molecular complexity index is 551. The molecule has 30 heavy (non-hydrogen) atoms. The minimum atomic E-state index is 0.126. The molecule has 1 aromatic rings. The lowest BCUT2D eigenvalue weighted by Crippen LogP contribution is -2.29. The van der Waals surface area contributed by atoms with Crippen LogP contribution in [-0.2, 0) is 32.2 Å². The molecule has 1 heterocycles. The molecule has 1 aromatic heterocycles. The van der Waals surface area contributed by atoms with Gasteiger partial charge >= 0.3 is 0 Å². The van der Waals surface area contributed by atoms with Gasteiger partial charge in [-0.1, -0.05) is 25.5 Å². The highest BCUT2D eigenvalue weighted by atomic mass is 16.5. The molecule has 2 N–H and O–H groups in total. The van der Waals surface area contributed by atoms with Crippen LogP contribution in [0.1, 0.15) is 59.1 Å². The van der Waals surface area contributed by atoms with E-state index in [-0.39, 0.29) is 11.9 Å². The van der Waals surface area contributed by atoms with Crippen molar-refractivity contribution in [1.82, 2.24) is 25.6 Å². The number of unbranched alkanes of at least 4 members (excludes halogenated alkanes) is 2. The summed E-state index contributed by atoms with van der Waals surface area (Å²) in [5.41, 5.74) is 0.812. The SMILES string of the molecule is CC(C)NCCOCCOCCOCc1cn(CCCCCC(=O)NC(C)C)nn1. The smallest absolute Gasteiger partial charge is 0.220 e. The molecule has 0 unspecified atom stereocenters. The fourth-order valence-corrected chi connectivity index (χ4v) is 2.68. The maximum absolute atomic E-state index is 11.6. The van der Waals surface area contributed by atoms with Crippen molar-refractivity contribution in [2.75, 3.05) is 39.6 Å². The summed E-state index contributed by atoms with van der Waals surface area (Å²) in [5.74, 6) is 0.126. The number of amides is 1. The van der Waals surface area contributed by atoms with Crippen molar-refractivity contribution in [2.24, 2.45) is 0 Å². The van der Waals surface area contributed by atoms with Crippen molar-refractivity contribution in [3.05, 3.63) is 11.9 Å². The van der Waals surface area contributed by atoms with Gasteiger partial charge in [-0.25, -0.2) is 0 Å². The Morgan fingerprint density at radius 1 is 0.967 bits per heavy atom. The zero-order valence-corrected chi connectivity index (χ0v) is 19.2. The molecule has 1 amide bonds. The van der Waals surface area contributed by atoms with Gasteiger partial charge < -0.3 is 24.8 Å². The maximum Gasteiger partial charge on any atom is 0.220 e. The first-order chi connectivity index (χ1) is 14.5. The molecular weight excluding hydrogens is 386 g/mol. The molecule has 0 aliphatic rings. The fourth-order valence-electron chi connectivity index (χ4n) is 2.68. The standard InChI is InChI=1S/C21H41N5O4/c1-18(2)22-9-11-28-12-13-29-14-15-30-17-20-16-26(25-24-20)10-7-5-6-8-21(27)23-19(3)4/h16,18-19,22H,5-15,17H2,1-4H3,(H,23,27). The van der Waals surface area contributed by atoms with Crippen LogP contribution in [0.25, 0.3) is 0 Å².